The van der Waals surface area contributed by atoms with Crippen molar-refractivity contribution in [1.82, 2.24) is 15.5 Å². The lowest BCUT2D eigenvalue weighted by molar-refractivity contribution is 0.192. The number of rotatable bonds is 6. The molecule has 4 heteroatoms. The minimum atomic E-state index is 0.00684. The molecule has 0 atom stereocenters. The summed E-state index contributed by atoms with van der Waals surface area (Å²) in [6.07, 6.45) is 5.57. The molecule has 2 N–H and O–H groups in total. The number of urea groups is 1. The third-order valence-electron chi connectivity index (χ3n) is 3.28. The van der Waals surface area contributed by atoms with Crippen molar-refractivity contribution in [2.24, 2.45) is 0 Å². The average molecular weight is 241 g/mol. The minimum absolute atomic E-state index is 0.00684. The molecule has 1 heterocycles. The number of hydrogen-bond donors (Lipinski definition) is 2. The number of hydrogen-bond acceptors (Lipinski definition) is 2. The zero-order chi connectivity index (χ0) is 12.5. The molecule has 0 aromatic heterocycles. The number of carbonyl (C=O) groups is 1. The van der Waals surface area contributed by atoms with E-state index in [0.717, 1.165) is 45.3 Å². The van der Waals surface area contributed by atoms with Gasteiger partial charge in [0.2, 0.25) is 0 Å². The summed E-state index contributed by atoms with van der Waals surface area (Å²) in [6.45, 7) is 8.56. The normalized spacial score (nSPS) is 18.0. The van der Waals surface area contributed by atoms with Crippen molar-refractivity contribution in [3.8, 4) is 0 Å². The maximum atomic E-state index is 11.6. The van der Waals surface area contributed by atoms with Crippen molar-refractivity contribution >= 4 is 6.03 Å². The second kappa shape index (κ2) is 8.34. The lowest BCUT2D eigenvalue weighted by atomic mass is 10.1. The van der Waals surface area contributed by atoms with Gasteiger partial charge in [0.1, 0.15) is 0 Å². The highest BCUT2D eigenvalue weighted by atomic mass is 16.2. The molecule has 0 radical (unpaired) electrons. The lowest BCUT2D eigenvalue weighted by Gasteiger charge is -2.32. The molecule has 1 saturated heterocycles. The smallest absolute Gasteiger partial charge is 0.315 e. The predicted octanol–water partition coefficient (Wildman–Crippen LogP) is 1.96. The molecule has 1 fully saturated rings. The first-order chi connectivity index (χ1) is 8.26. The number of nitrogens with zero attached hydrogens (tertiary/aromatic N) is 1. The zero-order valence-corrected chi connectivity index (χ0v) is 11.3. The Balaban J connectivity index is 2.10. The molecule has 17 heavy (non-hydrogen) atoms. The standard InChI is InChI=1S/C13H27N3O/c1-3-5-8-14-13(17)15-12-6-10-16(9-4-2)11-7-12/h12H,3-11H2,1-2H3,(H2,14,15,17). The first kappa shape index (κ1) is 14.3. The zero-order valence-electron chi connectivity index (χ0n) is 11.3. The molecule has 0 bridgehead atoms. The Labute approximate surface area is 105 Å². The Morgan fingerprint density at radius 3 is 2.53 bits per heavy atom. The van der Waals surface area contributed by atoms with E-state index >= 15 is 0 Å². The van der Waals surface area contributed by atoms with Crippen molar-refractivity contribution in [2.75, 3.05) is 26.2 Å². The fraction of sp³-hybridized carbons (Fsp3) is 0.923. The summed E-state index contributed by atoms with van der Waals surface area (Å²) in [7, 11) is 0. The van der Waals surface area contributed by atoms with Crippen LogP contribution >= 0.6 is 0 Å². The fourth-order valence-corrected chi connectivity index (χ4v) is 2.23. The molecule has 100 valence electrons. The van der Waals surface area contributed by atoms with Crippen molar-refractivity contribution in [3.05, 3.63) is 0 Å². The van der Waals surface area contributed by atoms with Gasteiger partial charge in [0.05, 0.1) is 0 Å². The molecule has 1 aliphatic rings. The van der Waals surface area contributed by atoms with Crippen LogP contribution in [0.3, 0.4) is 0 Å². The number of piperidine rings is 1. The van der Waals surface area contributed by atoms with Crippen LogP contribution in [0.4, 0.5) is 4.79 Å². The number of unbranched alkanes of at least 4 members (excludes halogenated alkanes) is 1. The number of nitrogens with one attached hydrogen (secondary N) is 2. The molecule has 0 aromatic rings. The number of likely N-dealkylation sites (tertiary alicyclic amines) is 1. The molecule has 1 aliphatic heterocycles. The summed E-state index contributed by atoms with van der Waals surface area (Å²) in [5, 5.41) is 5.97. The number of carbonyl (C=O) groups excluding carboxylic acids is 1. The van der Waals surface area contributed by atoms with E-state index in [9.17, 15) is 4.79 Å². The van der Waals surface area contributed by atoms with Gasteiger partial charge in [0, 0.05) is 25.7 Å². The summed E-state index contributed by atoms with van der Waals surface area (Å²) >= 11 is 0. The van der Waals surface area contributed by atoms with Crippen molar-refractivity contribution in [3.63, 3.8) is 0 Å². The molecular weight excluding hydrogens is 214 g/mol. The molecule has 4 nitrogen and oxygen atoms in total. The minimum Gasteiger partial charge on any atom is -0.338 e. The van der Waals surface area contributed by atoms with Crippen LogP contribution in [0.15, 0.2) is 0 Å². The van der Waals surface area contributed by atoms with Gasteiger partial charge in [-0.1, -0.05) is 20.3 Å². The van der Waals surface area contributed by atoms with Crippen LogP contribution in [0, 0.1) is 0 Å². The largest absolute Gasteiger partial charge is 0.338 e. The first-order valence-corrected chi connectivity index (χ1v) is 7.03. The van der Waals surface area contributed by atoms with Gasteiger partial charge in [-0.05, 0) is 32.2 Å². The van der Waals surface area contributed by atoms with Crippen molar-refractivity contribution < 1.29 is 4.79 Å². The highest BCUT2D eigenvalue weighted by Gasteiger charge is 2.19. The third-order valence-corrected chi connectivity index (χ3v) is 3.28. The molecule has 0 spiro atoms. The highest BCUT2D eigenvalue weighted by molar-refractivity contribution is 5.74. The van der Waals surface area contributed by atoms with E-state index in [1.54, 1.807) is 0 Å². The van der Waals surface area contributed by atoms with Gasteiger partial charge in [-0.3, -0.25) is 0 Å². The molecule has 2 amide bonds. The summed E-state index contributed by atoms with van der Waals surface area (Å²) < 4.78 is 0. The van der Waals surface area contributed by atoms with Gasteiger partial charge in [-0.2, -0.15) is 0 Å². The topological polar surface area (TPSA) is 44.4 Å². The van der Waals surface area contributed by atoms with Crippen LogP contribution in [0.25, 0.3) is 0 Å². The van der Waals surface area contributed by atoms with Crippen molar-refractivity contribution in [2.45, 2.75) is 52.0 Å². The molecule has 0 unspecified atom stereocenters. The summed E-state index contributed by atoms with van der Waals surface area (Å²) in [5.41, 5.74) is 0. The van der Waals surface area contributed by atoms with Gasteiger partial charge in [-0.15, -0.1) is 0 Å². The van der Waals surface area contributed by atoms with E-state index < -0.39 is 0 Å². The number of amides is 2. The SMILES string of the molecule is CCCCNC(=O)NC1CCN(CCC)CC1. The van der Waals surface area contributed by atoms with Crippen LogP contribution in [0.5, 0.6) is 0 Å². The Kier molecular flexibility index (Phi) is 7.01. The van der Waals surface area contributed by atoms with E-state index in [1.165, 1.54) is 13.0 Å². The van der Waals surface area contributed by atoms with Crippen LogP contribution in [0.2, 0.25) is 0 Å². The molecule has 0 aromatic carbocycles. The fourth-order valence-electron chi connectivity index (χ4n) is 2.23. The molecular formula is C13H27N3O. The lowest BCUT2D eigenvalue weighted by Crippen LogP contribution is -2.48. The van der Waals surface area contributed by atoms with Gasteiger partial charge in [-0.25, -0.2) is 4.79 Å². The second-order valence-corrected chi connectivity index (χ2v) is 4.87. The van der Waals surface area contributed by atoms with Gasteiger partial charge >= 0.3 is 6.03 Å². The predicted molar refractivity (Wildman–Crippen MR) is 71.2 cm³/mol. The maximum absolute atomic E-state index is 11.6. The van der Waals surface area contributed by atoms with Gasteiger partial charge in [0.25, 0.3) is 0 Å². The van der Waals surface area contributed by atoms with Gasteiger partial charge in [0.15, 0.2) is 0 Å². The van der Waals surface area contributed by atoms with Crippen LogP contribution in [-0.2, 0) is 0 Å². The van der Waals surface area contributed by atoms with Crippen LogP contribution in [0.1, 0.15) is 46.0 Å². The first-order valence-electron chi connectivity index (χ1n) is 7.03. The van der Waals surface area contributed by atoms with E-state index in [4.69, 9.17) is 0 Å². The Morgan fingerprint density at radius 2 is 1.94 bits per heavy atom. The quantitative estimate of drug-likeness (QED) is 0.698. The maximum Gasteiger partial charge on any atom is 0.315 e. The molecule has 0 saturated carbocycles. The summed E-state index contributed by atoms with van der Waals surface area (Å²) in [5.74, 6) is 0. The van der Waals surface area contributed by atoms with E-state index in [1.807, 2.05) is 0 Å². The molecule has 0 aliphatic carbocycles. The average Bonchev–Trinajstić information content (AvgIpc) is 2.32. The van der Waals surface area contributed by atoms with Crippen molar-refractivity contribution in [1.29, 1.82) is 0 Å². The van der Waals surface area contributed by atoms with E-state index in [0.29, 0.717) is 6.04 Å². The Morgan fingerprint density at radius 1 is 1.24 bits per heavy atom. The second-order valence-electron chi connectivity index (χ2n) is 4.87. The monoisotopic (exact) mass is 241 g/mol. The van der Waals surface area contributed by atoms with E-state index in [2.05, 4.69) is 29.4 Å². The summed E-state index contributed by atoms with van der Waals surface area (Å²) in [6, 6.07) is 0.372. The summed E-state index contributed by atoms with van der Waals surface area (Å²) in [4.78, 5) is 14.0. The molecule has 1 rings (SSSR count). The van der Waals surface area contributed by atoms with Gasteiger partial charge < -0.3 is 15.5 Å². The third kappa shape index (κ3) is 5.91. The van der Waals surface area contributed by atoms with Crippen LogP contribution in [-0.4, -0.2) is 43.2 Å². The Hall–Kier alpha value is -0.770. The highest BCUT2D eigenvalue weighted by Crippen LogP contribution is 2.10. The Bertz CT molecular complexity index is 213. The van der Waals surface area contributed by atoms with Crippen LogP contribution < -0.4 is 10.6 Å². The van der Waals surface area contributed by atoms with E-state index in [-0.39, 0.29) is 6.03 Å².